The molecule has 0 unspecified atom stereocenters. The Morgan fingerprint density at radius 1 is 0.625 bits per heavy atom. The molecule has 0 bridgehead atoms. The van der Waals surface area contributed by atoms with Crippen LogP contribution in [0.2, 0.25) is 0 Å². The summed E-state index contributed by atoms with van der Waals surface area (Å²) in [5.74, 6) is 2.16. The maximum absolute atomic E-state index is 6.70. The molecule has 40 heavy (non-hydrogen) atoms. The average Bonchev–Trinajstić information content (AvgIpc) is 3.68. The molecule has 204 valence electrons. The Balaban J connectivity index is 1.19. The van der Waals surface area contributed by atoms with Crippen LogP contribution >= 0.6 is 0 Å². The SMILES string of the molecule is c1ccc(COC[C@@H]2[C@@H](OCc3ccccc3)[C@H](OCc3ccccc3)[C@H]3c4cc5c(cc4ON23)OCO5)cc1. The van der Waals surface area contributed by atoms with E-state index in [1.807, 2.05) is 71.8 Å². The molecule has 4 atom stereocenters. The zero-order valence-electron chi connectivity index (χ0n) is 22.1. The molecule has 0 aromatic heterocycles. The monoisotopic (exact) mass is 537 g/mol. The van der Waals surface area contributed by atoms with E-state index in [0.29, 0.717) is 32.2 Å². The highest BCUT2D eigenvalue weighted by Gasteiger charge is 2.57. The second-order valence-corrected chi connectivity index (χ2v) is 10.2. The summed E-state index contributed by atoms with van der Waals surface area (Å²) in [5.41, 5.74) is 4.32. The molecule has 0 amide bonds. The van der Waals surface area contributed by atoms with Gasteiger partial charge in [-0.15, -0.1) is 5.06 Å². The predicted molar refractivity (Wildman–Crippen MR) is 148 cm³/mol. The summed E-state index contributed by atoms with van der Waals surface area (Å²) in [6.07, 6.45) is -0.612. The second-order valence-electron chi connectivity index (χ2n) is 10.2. The number of benzene rings is 4. The van der Waals surface area contributed by atoms with Crippen molar-refractivity contribution in [3.63, 3.8) is 0 Å². The van der Waals surface area contributed by atoms with Gasteiger partial charge in [0, 0.05) is 11.6 Å². The first kappa shape index (κ1) is 25.1. The van der Waals surface area contributed by atoms with Crippen molar-refractivity contribution in [1.29, 1.82) is 0 Å². The van der Waals surface area contributed by atoms with Gasteiger partial charge in [-0.1, -0.05) is 91.0 Å². The number of hydrogen-bond donors (Lipinski definition) is 0. The smallest absolute Gasteiger partial charge is 0.231 e. The third-order valence-electron chi connectivity index (χ3n) is 7.61. The van der Waals surface area contributed by atoms with Crippen LogP contribution < -0.4 is 14.3 Å². The molecule has 7 rings (SSSR count). The van der Waals surface area contributed by atoms with Crippen molar-refractivity contribution in [3.8, 4) is 17.2 Å². The summed E-state index contributed by atoms with van der Waals surface area (Å²) in [7, 11) is 0. The number of ether oxygens (including phenoxy) is 5. The summed E-state index contributed by atoms with van der Waals surface area (Å²) in [4.78, 5) is 6.49. The molecule has 0 spiro atoms. The molecule has 1 fully saturated rings. The van der Waals surface area contributed by atoms with E-state index in [9.17, 15) is 0 Å². The molecule has 4 aromatic rings. The minimum atomic E-state index is -0.309. The highest BCUT2D eigenvalue weighted by atomic mass is 16.7. The van der Waals surface area contributed by atoms with Gasteiger partial charge >= 0.3 is 0 Å². The van der Waals surface area contributed by atoms with Gasteiger partial charge in [0.1, 0.15) is 18.2 Å². The van der Waals surface area contributed by atoms with Crippen molar-refractivity contribution in [2.75, 3.05) is 13.4 Å². The van der Waals surface area contributed by atoms with E-state index in [1.165, 1.54) is 0 Å². The average molecular weight is 538 g/mol. The van der Waals surface area contributed by atoms with Crippen LogP contribution in [0.5, 0.6) is 17.2 Å². The fraction of sp³-hybridized carbons (Fsp3) is 0.273. The summed E-state index contributed by atoms with van der Waals surface area (Å²) in [6, 6.07) is 34.1. The first-order valence-electron chi connectivity index (χ1n) is 13.7. The number of rotatable bonds is 10. The lowest BCUT2D eigenvalue weighted by Crippen LogP contribution is -2.42. The molecule has 3 aliphatic heterocycles. The highest BCUT2D eigenvalue weighted by molar-refractivity contribution is 5.55. The van der Waals surface area contributed by atoms with E-state index in [1.54, 1.807) is 0 Å². The van der Waals surface area contributed by atoms with Crippen LogP contribution in [-0.4, -0.2) is 36.7 Å². The molecule has 3 aliphatic rings. The van der Waals surface area contributed by atoms with Gasteiger partial charge in [-0.25, -0.2) is 0 Å². The van der Waals surface area contributed by atoms with Crippen LogP contribution in [0.3, 0.4) is 0 Å². The maximum atomic E-state index is 6.70. The quantitative estimate of drug-likeness (QED) is 0.252. The van der Waals surface area contributed by atoms with Crippen molar-refractivity contribution >= 4 is 0 Å². The van der Waals surface area contributed by atoms with E-state index in [0.717, 1.165) is 33.8 Å². The zero-order chi connectivity index (χ0) is 26.7. The summed E-state index contributed by atoms with van der Waals surface area (Å²) in [5, 5.41) is 2.00. The molecule has 7 heteroatoms. The Morgan fingerprint density at radius 3 is 1.80 bits per heavy atom. The Hall–Kier alpha value is -3.88. The molecule has 1 saturated heterocycles. The minimum Gasteiger partial charge on any atom is -0.454 e. The largest absolute Gasteiger partial charge is 0.454 e. The lowest BCUT2D eigenvalue weighted by Gasteiger charge is -2.27. The van der Waals surface area contributed by atoms with Crippen LogP contribution in [0.15, 0.2) is 103 Å². The fourth-order valence-corrected chi connectivity index (χ4v) is 5.66. The number of nitrogens with zero attached hydrogens (tertiary/aromatic N) is 1. The third-order valence-corrected chi connectivity index (χ3v) is 7.61. The molecule has 3 heterocycles. The van der Waals surface area contributed by atoms with Crippen molar-refractivity contribution in [2.45, 2.75) is 44.1 Å². The number of hydroxylamine groups is 2. The van der Waals surface area contributed by atoms with Crippen LogP contribution in [-0.2, 0) is 34.0 Å². The Kier molecular flexibility index (Phi) is 7.10. The minimum absolute atomic E-state index is 0.195. The van der Waals surface area contributed by atoms with Crippen molar-refractivity contribution in [3.05, 3.63) is 125 Å². The lowest BCUT2D eigenvalue weighted by atomic mass is 9.99. The number of fused-ring (bicyclic) bond motifs is 4. The van der Waals surface area contributed by atoms with Crippen LogP contribution in [0.25, 0.3) is 0 Å². The highest BCUT2D eigenvalue weighted by Crippen LogP contribution is 2.52. The molecule has 7 nitrogen and oxygen atoms in total. The van der Waals surface area contributed by atoms with Gasteiger partial charge in [-0.2, -0.15) is 0 Å². The van der Waals surface area contributed by atoms with Gasteiger partial charge in [0.05, 0.1) is 32.5 Å². The third kappa shape index (κ3) is 5.05. The van der Waals surface area contributed by atoms with E-state index < -0.39 is 0 Å². The molecule has 0 saturated carbocycles. The lowest BCUT2D eigenvalue weighted by molar-refractivity contribution is -0.125. The Labute approximate surface area is 233 Å². The van der Waals surface area contributed by atoms with Gasteiger partial charge < -0.3 is 28.5 Å². The predicted octanol–water partition coefficient (Wildman–Crippen LogP) is 5.84. The van der Waals surface area contributed by atoms with E-state index in [4.69, 9.17) is 28.5 Å². The van der Waals surface area contributed by atoms with Crippen molar-refractivity contribution < 1.29 is 28.5 Å². The normalized spacial score (nSPS) is 22.6. The topological polar surface area (TPSA) is 58.6 Å². The fourth-order valence-electron chi connectivity index (χ4n) is 5.66. The van der Waals surface area contributed by atoms with Crippen LogP contribution in [0, 0.1) is 0 Å². The first-order chi connectivity index (χ1) is 19.8. The van der Waals surface area contributed by atoms with Gasteiger partial charge in [-0.3, -0.25) is 0 Å². The molecule has 0 radical (unpaired) electrons. The first-order valence-corrected chi connectivity index (χ1v) is 13.7. The summed E-state index contributed by atoms with van der Waals surface area (Å²) >= 11 is 0. The van der Waals surface area contributed by atoms with Crippen molar-refractivity contribution in [1.82, 2.24) is 5.06 Å². The molecular formula is C33H31NO6. The summed E-state index contributed by atoms with van der Waals surface area (Å²) in [6.45, 7) is 2.04. The summed E-state index contributed by atoms with van der Waals surface area (Å²) < 4.78 is 31.0. The zero-order valence-corrected chi connectivity index (χ0v) is 22.1. The van der Waals surface area contributed by atoms with Gasteiger partial charge in [0.2, 0.25) is 6.79 Å². The van der Waals surface area contributed by atoms with Gasteiger partial charge in [0.25, 0.3) is 0 Å². The molecule has 4 aromatic carbocycles. The number of hydrogen-bond acceptors (Lipinski definition) is 7. The Bertz CT molecular complexity index is 1420. The standard InChI is InChI=1S/C33H31NO6/c1-4-10-23(11-5-1)18-35-21-27-32(36-19-24-12-6-2-7-13-24)33(37-20-25-14-8-3-9-15-25)31-26-16-29-30(39-22-38-29)17-28(26)40-34(27)31/h1-17,27,31-33H,18-22H2/t27-,31-,32-,33-/m1/s1. The van der Waals surface area contributed by atoms with E-state index in [-0.39, 0.29) is 31.1 Å². The maximum Gasteiger partial charge on any atom is 0.231 e. The van der Waals surface area contributed by atoms with E-state index in [2.05, 4.69) is 36.4 Å². The molecule has 0 aliphatic carbocycles. The Morgan fingerprint density at radius 2 is 1.18 bits per heavy atom. The molecule has 0 N–H and O–H groups in total. The molecular weight excluding hydrogens is 506 g/mol. The van der Waals surface area contributed by atoms with Crippen LogP contribution in [0.4, 0.5) is 0 Å². The van der Waals surface area contributed by atoms with Gasteiger partial charge in [0.15, 0.2) is 17.2 Å². The van der Waals surface area contributed by atoms with Gasteiger partial charge in [-0.05, 0) is 22.8 Å². The van der Waals surface area contributed by atoms with E-state index >= 15 is 0 Å². The van der Waals surface area contributed by atoms with Crippen molar-refractivity contribution in [2.24, 2.45) is 0 Å². The second kappa shape index (κ2) is 11.3. The van der Waals surface area contributed by atoms with Crippen LogP contribution in [0.1, 0.15) is 28.3 Å².